The van der Waals surface area contributed by atoms with E-state index in [2.05, 4.69) is 10.6 Å². The van der Waals surface area contributed by atoms with Gasteiger partial charge in [-0.2, -0.15) is 5.26 Å². The van der Waals surface area contributed by atoms with Crippen molar-refractivity contribution in [2.24, 2.45) is 0 Å². The van der Waals surface area contributed by atoms with Gasteiger partial charge >= 0.3 is 0 Å². The molecule has 28 heavy (non-hydrogen) atoms. The summed E-state index contributed by atoms with van der Waals surface area (Å²) in [5, 5.41) is 14.6. The van der Waals surface area contributed by atoms with Crippen LogP contribution in [-0.2, 0) is 9.59 Å². The van der Waals surface area contributed by atoms with Gasteiger partial charge in [-0.1, -0.05) is 17.7 Å². The third kappa shape index (κ3) is 5.41. The fourth-order valence-corrected chi connectivity index (χ4v) is 2.99. The molecule has 0 aliphatic carbocycles. The molecular weight excluding hydrogens is 352 g/mol. The summed E-state index contributed by atoms with van der Waals surface area (Å²) < 4.78 is 0. The summed E-state index contributed by atoms with van der Waals surface area (Å²) in [6.07, 6.45) is 0. The average Bonchev–Trinajstić information content (AvgIpc) is 2.64. The monoisotopic (exact) mass is 378 g/mol. The molecule has 2 N–H and O–H groups in total. The van der Waals surface area contributed by atoms with Gasteiger partial charge in [0.2, 0.25) is 11.8 Å². The van der Waals surface area contributed by atoms with Crippen molar-refractivity contribution in [2.75, 3.05) is 24.2 Å². The van der Waals surface area contributed by atoms with Gasteiger partial charge < -0.3 is 10.6 Å². The molecule has 0 spiro atoms. The quantitative estimate of drug-likeness (QED) is 0.807. The number of anilines is 2. The lowest BCUT2D eigenvalue weighted by atomic mass is 10.1. The third-order valence-corrected chi connectivity index (χ3v) is 4.66. The van der Waals surface area contributed by atoms with Crippen molar-refractivity contribution in [1.29, 1.82) is 5.26 Å². The van der Waals surface area contributed by atoms with Crippen LogP contribution in [0.5, 0.6) is 0 Å². The summed E-state index contributed by atoms with van der Waals surface area (Å²) in [7, 11) is 1.73. The van der Waals surface area contributed by atoms with Crippen LogP contribution in [0.4, 0.5) is 11.4 Å². The van der Waals surface area contributed by atoms with E-state index in [9.17, 15) is 9.59 Å². The van der Waals surface area contributed by atoms with Gasteiger partial charge in [-0.15, -0.1) is 0 Å². The Morgan fingerprint density at radius 1 is 1.07 bits per heavy atom. The minimum absolute atomic E-state index is 0.0920. The molecule has 0 aliphatic heterocycles. The van der Waals surface area contributed by atoms with Crippen LogP contribution in [0, 0.1) is 32.1 Å². The molecule has 0 radical (unpaired) electrons. The van der Waals surface area contributed by atoms with Crippen molar-refractivity contribution in [3.63, 3.8) is 0 Å². The van der Waals surface area contributed by atoms with Crippen LogP contribution in [0.1, 0.15) is 29.2 Å². The fraction of sp³-hybridized carbons (Fsp3) is 0.318. The summed E-state index contributed by atoms with van der Waals surface area (Å²) in [6, 6.07) is 12.2. The fourth-order valence-electron chi connectivity index (χ4n) is 2.99. The van der Waals surface area contributed by atoms with Crippen LogP contribution in [0.25, 0.3) is 0 Å². The van der Waals surface area contributed by atoms with Crippen molar-refractivity contribution < 1.29 is 9.59 Å². The topological polar surface area (TPSA) is 85.2 Å². The second-order valence-electron chi connectivity index (χ2n) is 7.09. The molecule has 1 atom stereocenters. The number of likely N-dealkylation sites (N-methyl/N-ethyl adjacent to an activating group) is 1. The number of carbonyl (C=O) groups is 2. The first-order chi connectivity index (χ1) is 13.2. The molecule has 0 unspecified atom stereocenters. The Labute approximate surface area is 166 Å². The van der Waals surface area contributed by atoms with E-state index in [1.54, 1.807) is 43.1 Å². The summed E-state index contributed by atoms with van der Waals surface area (Å²) in [5.41, 5.74) is 5.14. The lowest BCUT2D eigenvalue weighted by Gasteiger charge is -2.24. The maximum absolute atomic E-state index is 12.5. The van der Waals surface area contributed by atoms with Crippen LogP contribution in [0.15, 0.2) is 36.4 Å². The van der Waals surface area contributed by atoms with E-state index < -0.39 is 6.04 Å². The van der Waals surface area contributed by atoms with Gasteiger partial charge in [-0.05, 0) is 70.1 Å². The van der Waals surface area contributed by atoms with Gasteiger partial charge in [0.15, 0.2) is 0 Å². The number of nitrogens with one attached hydrogen (secondary N) is 2. The molecule has 6 nitrogen and oxygen atoms in total. The highest BCUT2D eigenvalue weighted by Gasteiger charge is 2.21. The minimum Gasteiger partial charge on any atom is -0.325 e. The zero-order valence-electron chi connectivity index (χ0n) is 17.0. The van der Waals surface area contributed by atoms with E-state index in [1.165, 1.54) is 0 Å². The number of nitriles is 1. The highest BCUT2D eigenvalue weighted by atomic mass is 16.2. The first kappa shape index (κ1) is 21.1. The molecule has 0 aromatic heterocycles. The standard InChI is InChI=1S/C22H26N4O2/c1-14-10-15(2)21(16(3)11-14)25-20(27)13-26(5)17(4)22(28)24-19-8-6-18(12-23)7-9-19/h6-11,17H,13H2,1-5H3,(H,24,28)(H,25,27)/t17-/m1/s1. The minimum atomic E-state index is -0.499. The molecule has 6 heteroatoms. The zero-order valence-corrected chi connectivity index (χ0v) is 17.0. The van der Waals surface area contributed by atoms with Crippen LogP contribution in [-0.4, -0.2) is 36.3 Å². The van der Waals surface area contributed by atoms with Gasteiger partial charge in [0.05, 0.1) is 24.2 Å². The van der Waals surface area contributed by atoms with Gasteiger partial charge in [0.25, 0.3) is 0 Å². The van der Waals surface area contributed by atoms with Crippen molar-refractivity contribution >= 4 is 23.2 Å². The summed E-state index contributed by atoms with van der Waals surface area (Å²) in [4.78, 5) is 26.6. The lowest BCUT2D eigenvalue weighted by Crippen LogP contribution is -2.43. The largest absolute Gasteiger partial charge is 0.325 e. The smallest absolute Gasteiger partial charge is 0.241 e. The highest BCUT2D eigenvalue weighted by Crippen LogP contribution is 2.21. The molecule has 146 valence electrons. The molecule has 2 rings (SSSR count). The Balaban J connectivity index is 1.95. The number of carbonyl (C=O) groups excluding carboxylic acids is 2. The summed E-state index contributed by atoms with van der Waals surface area (Å²) in [5.74, 6) is -0.390. The molecule has 0 bridgehead atoms. The van der Waals surface area contributed by atoms with E-state index in [-0.39, 0.29) is 18.4 Å². The van der Waals surface area contributed by atoms with Crippen molar-refractivity contribution in [3.8, 4) is 6.07 Å². The van der Waals surface area contributed by atoms with E-state index in [1.807, 2.05) is 39.0 Å². The average molecular weight is 378 g/mol. The van der Waals surface area contributed by atoms with Crippen LogP contribution in [0.3, 0.4) is 0 Å². The molecule has 0 saturated carbocycles. The maximum Gasteiger partial charge on any atom is 0.241 e. The SMILES string of the molecule is Cc1cc(C)c(NC(=O)CN(C)[C@H](C)C(=O)Nc2ccc(C#N)cc2)c(C)c1. The number of nitrogens with zero attached hydrogens (tertiary/aromatic N) is 2. The van der Waals surface area contributed by atoms with Crippen molar-refractivity contribution in [3.05, 3.63) is 58.7 Å². The normalized spacial score (nSPS) is 11.6. The number of amides is 2. The molecule has 2 aromatic rings. The van der Waals surface area contributed by atoms with Gasteiger partial charge in [-0.25, -0.2) is 0 Å². The Bertz CT molecular complexity index is 890. The predicted molar refractivity (Wildman–Crippen MR) is 111 cm³/mol. The number of hydrogen-bond acceptors (Lipinski definition) is 4. The Morgan fingerprint density at radius 2 is 1.64 bits per heavy atom. The first-order valence-corrected chi connectivity index (χ1v) is 9.10. The molecular formula is C22H26N4O2. The van der Waals surface area contributed by atoms with Crippen molar-refractivity contribution in [2.45, 2.75) is 33.7 Å². The van der Waals surface area contributed by atoms with Crippen molar-refractivity contribution in [1.82, 2.24) is 4.90 Å². The number of aryl methyl sites for hydroxylation is 3. The molecule has 0 saturated heterocycles. The molecule has 0 aliphatic rings. The molecule has 2 amide bonds. The van der Waals surface area contributed by atoms with E-state index >= 15 is 0 Å². The van der Waals surface area contributed by atoms with Gasteiger partial charge in [0, 0.05) is 11.4 Å². The van der Waals surface area contributed by atoms with E-state index in [0.717, 1.165) is 22.4 Å². The van der Waals surface area contributed by atoms with E-state index in [4.69, 9.17) is 5.26 Å². The highest BCUT2D eigenvalue weighted by molar-refractivity contribution is 5.96. The predicted octanol–water partition coefficient (Wildman–Crippen LogP) is 3.38. The lowest BCUT2D eigenvalue weighted by molar-refractivity contribution is -0.122. The van der Waals surface area contributed by atoms with Gasteiger partial charge in [-0.3, -0.25) is 14.5 Å². The number of hydrogen-bond donors (Lipinski definition) is 2. The third-order valence-electron chi connectivity index (χ3n) is 4.66. The Kier molecular flexibility index (Phi) is 6.91. The molecule has 0 heterocycles. The first-order valence-electron chi connectivity index (χ1n) is 9.10. The molecule has 0 fully saturated rings. The summed E-state index contributed by atoms with van der Waals surface area (Å²) >= 11 is 0. The Hall–Kier alpha value is -3.17. The van der Waals surface area contributed by atoms with E-state index in [0.29, 0.717) is 11.3 Å². The second kappa shape index (κ2) is 9.16. The maximum atomic E-state index is 12.5. The second-order valence-corrected chi connectivity index (χ2v) is 7.09. The molecule has 2 aromatic carbocycles. The zero-order chi connectivity index (χ0) is 20.8. The van der Waals surface area contributed by atoms with Gasteiger partial charge in [0.1, 0.15) is 0 Å². The number of rotatable bonds is 6. The van der Waals surface area contributed by atoms with Crippen LogP contribution in [0.2, 0.25) is 0 Å². The van der Waals surface area contributed by atoms with Crippen LogP contribution < -0.4 is 10.6 Å². The summed E-state index contributed by atoms with van der Waals surface area (Å²) in [6.45, 7) is 7.79. The number of benzene rings is 2. The Morgan fingerprint density at radius 3 is 2.18 bits per heavy atom. The van der Waals surface area contributed by atoms with Crippen LogP contribution >= 0.6 is 0 Å².